The molecule has 1 rings (SSSR count). The molecule has 0 saturated heterocycles. The molecular weight excluding hydrogens is 335 g/mol. The van der Waals surface area contributed by atoms with Gasteiger partial charge in [0.25, 0.3) is 10.0 Å². The molecule has 124 valence electrons. The van der Waals surface area contributed by atoms with Crippen molar-refractivity contribution in [3.8, 4) is 0 Å². The largest absolute Gasteiger partial charge is 0.480 e. The van der Waals surface area contributed by atoms with E-state index in [9.17, 15) is 17.8 Å². The molecule has 0 aliphatic heterocycles. The standard InChI is InChI=1S/C11H17N2O7PS/c1-8-3-4-10(9(2)5-8)22(19,20)12-13(6-11(14)15)7-21(16,17)18/h3-5,12H,6-7H2,1-2H3,(H,14,15)(H2,16,17,18). The Hall–Kier alpha value is -1.29. The minimum atomic E-state index is -4.64. The molecule has 9 nitrogen and oxygen atoms in total. The number of aryl methyl sites for hydroxylation is 2. The molecule has 0 radical (unpaired) electrons. The third-order valence-electron chi connectivity index (χ3n) is 2.55. The molecule has 0 bridgehead atoms. The molecule has 0 aromatic heterocycles. The smallest absolute Gasteiger partial charge is 0.340 e. The highest BCUT2D eigenvalue weighted by atomic mass is 32.2. The lowest BCUT2D eigenvalue weighted by atomic mass is 10.2. The highest BCUT2D eigenvalue weighted by Crippen LogP contribution is 2.34. The van der Waals surface area contributed by atoms with Crippen LogP contribution in [-0.4, -0.2) is 47.1 Å². The van der Waals surface area contributed by atoms with Crippen LogP contribution in [0.15, 0.2) is 23.1 Å². The zero-order chi connectivity index (χ0) is 17.1. The number of carboxylic acid groups (broad SMARTS) is 1. The molecule has 0 fully saturated rings. The SMILES string of the molecule is Cc1ccc(S(=O)(=O)NN(CC(=O)O)CP(=O)(O)O)c(C)c1. The van der Waals surface area contributed by atoms with E-state index in [0.717, 1.165) is 5.56 Å². The molecule has 0 aliphatic carbocycles. The number of aliphatic carboxylic acids is 1. The summed E-state index contributed by atoms with van der Waals surface area (Å²) < 4.78 is 35.5. The van der Waals surface area contributed by atoms with E-state index < -0.39 is 36.4 Å². The Labute approximate surface area is 127 Å². The molecule has 1 aromatic carbocycles. The topological polar surface area (TPSA) is 144 Å². The predicted octanol–water partition coefficient (Wildman–Crippen LogP) is 0.0185. The first-order valence-corrected chi connectivity index (χ1v) is 9.30. The molecule has 11 heteroatoms. The molecule has 0 aliphatic rings. The van der Waals surface area contributed by atoms with Gasteiger partial charge in [-0.1, -0.05) is 17.7 Å². The van der Waals surface area contributed by atoms with E-state index in [1.807, 2.05) is 4.83 Å². The quantitative estimate of drug-likeness (QED) is 0.397. The summed E-state index contributed by atoms with van der Waals surface area (Å²) in [6, 6.07) is 4.52. The first-order chi connectivity index (χ1) is 9.90. The van der Waals surface area contributed by atoms with Gasteiger partial charge >= 0.3 is 13.6 Å². The van der Waals surface area contributed by atoms with Crippen molar-refractivity contribution >= 4 is 23.6 Å². The van der Waals surface area contributed by atoms with Crippen LogP contribution in [0.3, 0.4) is 0 Å². The van der Waals surface area contributed by atoms with E-state index in [0.29, 0.717) is 10.6 Å². The van der Waals surface area contributed by atoms with E-state index in [-0.39, 0.29) is 4.90 Å². The molecule has 4 N–H and O–H groups in total. The molecule has 0 spiro atoms. The minimum Gasteiger partial charge on any atom is -0.480 e. The fourth-order valence-corrected chi connectivity index (χ4v) is 3.83. The molecule has 0 atom stereocenters. The van der Waals surface area contributed by atoms with Crippen molar-refractivity contribution < 1.29 is 32.7 Å². The number of nitrogens with zero attached hydrogens (tertiary/aromatic N) is 1. The average molecular weight is 352 g/mol. The van der Waals surface area contributed by atoms with Gasteiger partial charge in [0.1, 0.15) is 12.8 Å². The van der Waals surface area contributed by atoms with Gasteiger partial charge in [-0.2, -0.15) is 0 Å². The molecule has 22 heavy (non-hydrogen) atoms. The molecule has 0 saturated carbocycles. The maximum atomic E-state index is 12.2. The first kappa shape index (κ1) is 18.8. The number of rotatable bonds is 7. The minimum absolute atomic E-state index is 0.0980. The van der Waals surface area contributed by atoms with Gasteiger partial charge in [0.15, 0.2) is 0 Å². The van der Waals surface area contributed by atoms with Crippen molar-refractivity contribution in [3.63, 3.8) is 0 Å². The third-order valence-corrected chi connectivity index (χ3v) is 4.80. The summed E-state index contributed by atoms with van der Waals surface area (Å²) >= 11 is 0. The van der Waals surface area contributed by atoms with Crippen molar-refractivity contribution in [2.75, 3.05) is 12.8 Å². The second-order valence-electron chi connectivity index (χ2n) is 4.76. The number of hydrogen-bond donors (Lipinski definition) is 4. The summed E-state index contributed by atoms with van der Waals surface area (Å²) in [5.41, 5.74) is 1.27. The average Bonchev–Trinajstić information content (AvgIpc) is 2.23. The van der Waals surface area contributed by atoms with Crippen molar-refractivity contribution in [1.29, 1.82) is 0 Å². The number of hydrogen-bond acceptors (Lipinski definition) is 5. The fourth-order valence-electron chi connectivity index (χ4n) is 1.82. The monoisotopic (exact) mass is 352 g/mol. The predicted molar refractivity (Wildman–Crippen MR) is 77.5 cm³/mol. The van der Waals surface area contributed by atoms with Crippen LogP contribution in [0, 0.1) is 13.8 Å². The van der Waals surface area contributed by atoms with Crippen LogP contribution in [0.4, 0.5) is 0 Å². The highest BCUT2D eigenvalue weighted by Gasteiger charge is 2.27. The van der Waals surface area contributed by atoms with E-state index in [1.54, 1.807) is 26.0 Å². The van der Waals surface area contributed by atoms with Crippen molar-refractivity contribution in [2.24, 2.45) is 0 Å². The number of sulfonamides is 1. The third kappa shape index (κ3) is 5.84. The maximum Gasteiger partial charge on any atom is 0.340 e. The van der Waals surface area contributed by atoms with Gasteiger partial charge in [-0.05, 0) is 25.5 Å². The van der Waals surface area contributed by atoms with Crippen molar-refractivity contribution in [2.45, 2.75) is 18.7 Å². The summed E-state index contributed by atoms with van der Waals surface area (Å²) in [4.78, 5) is 30.3. The van der Waals surface area contributed by atoms with E-state index in [2.05, 4.69) is 0 Å². The van der Waals surface area contributed by atoms with Crippen LogP contribution < -0.4 is 4.83 Å². The summed E-state index contributed by atoms with van der Waals surface area (Å²) in [5.74, 6) is -1.43. The van der Waals surface area contributed by atoms with Crippen molar-refractivity contribution in [3.05, 3.63) is 29.3 Å². The Kier molecular flexibility index (Phi) is 5.85. The van der Waals surface area contributed by atoms with Crippen LogP contribution in [0.1, 0.15) is 11.1 Å². The van der Waals surface area contributed by atoms with Gasteiger partial charge in [-0.3, -0.25) is 9.36 Å². The second kappa shape index (κ2) is 6.86. The summed E-state index contributed by atoms with van der Waals surface area (Å²) in [5, 5.41) is 9.17. The van der Waals surface area contributed by atoms with Gasteiger partial charge in [-0.15, -0.1) is 4.83 Å². The Morgan fingerprint density at radius 3 is 2.36 bits per heavy atom. The lowest BCUT2D eigenvalue weighted by molar-refractivity contribution is -0.138. The van der Waals surface area contributed by atoms with Gasteiger partial charge in [0.2, 0.25) is 0 Å². The molecule has 0 amide bonds. The molecule has 0 unspecified atom stereocenters. The lowest BCUT2D eigenvalue weighted by Gasteiger charge is -2.22. The van der Waals surface area contributed by atoms with Gasteiger partial charge in [0.05, 0.1) is 4.90 Å². The Balaban J connectivity index is 3.09. The van der Waals surface area contributed by atoms with Crippen LogP contribution >= 0.6 is 7.60 Å². The van der Waals surface area contributed by atoms with Crippen LogP contribution in [0.2, 0.25) is 0 Å². The van der Waals surface area contributed by atoms with Gasteiger partial charge < -0.3 is 14.9 Å². The first-order valence-electron chi connectivity index (χ1n) is 6.02. The number of benzene rings is 1. The molecule has 0 heterocycles. The number of carbonyl (C=O) groups is 1. The Bertz CT molecular complexity index is 713. The number of hydrazine groups is 1. The normalized spacial score (nSPS) is 12.6. The Morgan fingerprint density at radius 2 is 1.91 bits per heavy atom. The van der Waals surface area contributed by atoms with E-state index in [4.69, 9.17) is 14.9 Å². The van der Waals surface area contributed by atoms with Gasteiger partial charge in [0, 0.05) is 0 Å². The molecule has 1 aromatic rings. The summed E-state index contributed by atoms with van der Waals surface area (Å²) in [6.07, 6.45) is -1.05. The van der Waals surface area contributed by atoms with E-state index >= 15 is 0 Å². The second-order valence-corrected chi connectivity index (χ2v) is 8.00. The van der Waals surface area contributed by atoms with Crippen LogP contribution in [-0.2, 0) is 19.4 Å². The van der Waals surface area contributed by atoms with E-state index in [1.165, 1.54) is 6.07 Å². The van der Waals surface area contributed by atoms with Crippen LogP contribution in [0.5, 0.6) is 0 Å². The van der Waals surface area contributed by atoms with Crippen molar-refractivity contribution in [1.82, 2.24) is 9.84 Å². The zero-order valence-electron chi connectivity index (χ0n) is 11.9. The molecular formula is C11H17N2O7PS. The maximum absolute atomic E-state index is 12.2. The summed E-state index contributed by atoms with van der Waals surface area (Å²) in [7, 11) is -8.80. The number of carboxylic acids is 1. The van der Waals surface area contributed by atoms with Gasteiger partial charge in [-0.25, -0.2) is 13.4 Å². The highest BCUT2D eigenvalue weighted by molar-refractivity contribution is 7.89. The Morgan fingerprint density at radius 1 is 1.32 bits per heavy atom. The van der Waals surface area contributed by atoms with Crippen LogP contribution in [0.25, 0.3) is 0 Å². The number of nitrogens with one attached hydrogen (secondary N) is 1. The lowest BCUT2D eigenvalue weighted by Crippen LogP contribution is -2.45. The summed E-state index contributed by atoms with van der Waals surface area (Å²) in [6.45, 7) is 2.45. The fraction of sp³-hybridized carbons (Fsp3) is 0.364. The zero-order valence-corrected chi connectivity index (χ0v) is 13.6.